The third-order valence-electron chi connectivity index (χ3n) is 5.92. The molecule has 0 saturated heterocycles. The number of ether oxygens (including phenoxy) is 1. The third-order valence-corrected chi connectivity index (χ3v) is 5.92. The first-order valence-electron chi connectivity index (χ1n) is 11.6. The zero-order chi connectivity index (χ0) is 25.3. The predicted octanol–water partition coefficient (Wildman–Crippen LogP) is 0.921. The number of amides is 4. The van der Waals surface area contributed by atoms with Crippen molar-refractivity contribution in [2.75, 3.05) is 13.7 Å². The van der Waals surface area contributed by atoms with Crippen LogP contribution in [0, 0.1) is 17.8 Å². The predicted molar refractivity (Wildman–Crippen MR) is 125 cm³/mol. The van der Waals surface area contributed by atoms with Crippen molar-refractivity contribution >= 4 is 23.6 Å². The lowest BCUT2D eigenvalue weighted by Crippen LogP contribution is -2.55. The second-order valence-corrected chi connectivity index (χ2v) is 9.06. The molecule has 3 rings (SSSR count). The fourth-order valence-electron chi connectivity index (χ4n) is 4.09. The van der Waals surface area contributed by atoms with Gasteiger partial charge in [-0.1, -0.05) is 26.0 Å². The van der Waals surface area contributed by atoms with Gasteiger partial charge in [0.2, 0.25) is 23.6 Å². The van der Waals surface area contributed by atoms with Gasteiger partial charge in [0.05, 0.1) is 12.5 Å². The molecular formula is C24H36N4O6. The number of fused-ring (bicyclic) bond motifs is 11. The van der Waals surface area contributed by atoms with Crippen molar-refractivity contribution in [3.05, 3.63) is 29.8 Å². The Bertz CT molecular complexity index is 858. The van der Waals surface area contributed by atoms with Crippen LogP contribution in [0.15, 0.2) is 24.3 Å². The van der Waals surface area contributed by atoms with Gasteiger partial charge in [-0.2, -0.15) is 0 Å². The zero-order valence-corrected chi connectivity index (χ0v) is 20.2. The lowest BCUT2D eigenvalue weighted by molar-refractivity contribution is -0.142. The monoisotopic (exact) mass is 476 g/mol. The Morgan fingerprint density at radius 3 is 2.41 bits per heavy atom. The first kappa shape index (κ1) is 27.1. The number of hydrogen-bond acceptors (Lipinski definition) is 6. The Kier molecular flexibility index (Phi) is 10.3. The van der Waals surface area contributed by atoms with Crippen LogP contribution >= 0.6 is 0 Å². The highest BCUT2D eigenvalue weighted by Gasteiger charge is 2.36. The van der Waals surface area contributed by atoms with Crippen LogP contribution in [-0.4, -0.2) is 54.6 Å². The number of hydrogen-bond donors (Lipinski definition) is 5. The summed E-state index contributed by atoms with van der Waals surface area (Å²) in [5.74, 6) is -2.79. The van der Waals surface area contributed by atoms with Crippen LogP contribution in [0.3, 0.4) is 0 Å². The minimum atomic E-state index is -0.971. The molecule has 0 radical (unpaired) electrons. The normalized spacial score (nSPS) is 22.1. The second-order valence-electron chi connectivity index (χ2n) is 9.06. The van der Waals surface area contributed by atoms with Crippen LogP contribution in [0.4, 0.5) is 0 Å². The van der Waals surface area contributed by atoms with Gasteiger partial charge in [0, 0.05) is 19.4 Å². The van der Waals surface area contributed by atoms with E-state index in [0.29, 0.717) is 31.6 Å². The molecule has 2 aliphatic heterocycles. The quantitative estimate of drug-likeness (QED) is 0.305. The summed E-state index contributed by atoms with van der Waals surface area (Å²) in [5.41, 5.74) is 2.48. The van der Waals surface area contributed by atoms with Crippen molar-refractivity contribution in [3.63, 3.8) is 0 Å². The van der Waals surface area contributed by atoms with Crippen LogP contribution in [0.5, 0.6) is 5.75 Å². The topological polar surface area (TPSA) is 146 Å². The molecule has 188 valence electrons. The summed E-state index contributed by atoms with van der Waals surface area (Å²) in [4.78, 5) is 50.9. The summed E-state index contributed by atoms with van der Waals surface area (Å²) in [7, 11) is 1.47. The average Bonchev–Trinajstić information content (AvgIpc) is 2.81. The van der Waals surface area contributed by atoms with Gasteiger partial charge in [-0.25, -0.2) is 5.48 Å². The summed E-state index contributed by atoms with van der Waals surface area (Å²) in [5, 5.41) is 17.2. The molecule has 1 aromatic rings. The van der Waals surface area contributed by atoms with E-state index in [9.17, 15) is 24.4 Å². The molecule has 2 heterocycles. The van der Waals surface area contributed by atoms with Crippen molar-refractivity contribution in [2.45, 2.75) is 58.5 Å². The standard InChI is InChI=1S/C24H36N4O6/c1-14(2)12-19-18(23(31)28-33)6-5-11-34-17-9-7-16(8-10-17)13-20(27-22(19)30)24(32)26-15(3)21(29)25-4/h7-10,14-15,18-20,33H,5-6,11-13H2,1-4H3,(H,25,29)(H,26,32)(H,27,30)(H,28,31)/t15-,18+,19-,20+/m1/s1. The van der Waals surface area contributed by atoms with Crippen molar-refractivity contribution in [1.29, 1.82) is 0 Å². The maximum Gasteiger partial charge on any atom is 0.247 e. The number of hydroxylamine groups is 1. The van der Waals surface area contributed by atoms with Gasteiger partial charge in [-0.05, 0) is 49.8 Å². The number of benzene rings is 1. The van der Waals surface area contributed by atoms with Crippen LogP contribution in [0.1, 0.15) is 45.6 Å². The Hall–Kier alpha value is -3.14. The molecular weight excluding hydrogens is 440 g/mol. The van der Waals surface area contributed by atoms with Gasteiger partial charge >= 0.3 is 0 Å². The number of likely N-dealkylation sites (N-methyl/N-ethyl adjacent to an activating group) is 1. The van der Waals surface area contributed by atoms with Gasteiger partial charge in [0.1, 0.15) is 17.8 Å². The van der Waals surface area contributed by atoms with Gasteiger partial charge in [-0.3, -0.25) is 24.4 Å². The maximum atomic E-state index is 13.4. The van der Waals surface area contributed by atoms with E-state index in [2.05, 4.69) is 16.0 Å². The van der Waals surface area contributed by atoms with E-state index in [1.165, 1.54) is 7.05 Å². The number of carbonyl (C=O) groups is 4. The molecule has 0 fully saturated rings. The first-order chi connectivity index (χ1) is 16.2. The van der Waals surface area contributed by atoms with E-state index in [0.717, 1.165) is 5.56 Å². The van der Waals surface area contributed by atoms with Crippen LogP contribution in [0.25, 0.3) is 0 Å². The second kappa shape index (κ2) is 12.9. The van der Waals surface area contributed by atoms with Crippen LogP contribution < -0.4 is 26.2 Å². The molecule has 0 spiro atoms. The van der Waals surface area contributed by atoms with Gasteiger partial charge in [0.25, 0.3) is 0 Å². The van der Waals surface area contributed by atoms with E-state index in [-0.39, 0.29) is 18.2 Å². The fraction of sp³-hybridized carbons (Fsp3) is 0.583. The molecule has 2 aliphatic rings. The van der Waals surface area contributed by atoms with Crippen molar-refractivity contribution < 1.29 is 29.1 Å². The number of rotatable bonds is 6. The first-order valence-corrected chi connectivity index (χ1v) is 11.6. The minimum absolute atomic E-state index is 0.0900. The van der Waals surface area contributed by atoms with Gasteiger partial charge in [-0.15, -0.1) is 0 Å². The summed E-state index contributed by atoms with van der Waals surface area (Å²) in [6.45, 7) is 5.78. The van der Waals surface area contributed by atoms with Crippen LogP contribution in [-0.2, 0) is 25.6 Å². The molecule has 4 amide bonds. The lowest BCUT2D eigenvalue weighted by Gasteiger charge is -2.29. The summed E-state index contributed by atoms with van der Waals surface area (Å²) < 4.78 is 5.76. The Labute approximate surface area is 200 Å². The van der Waals surface area contributed by atoms with E-state index in [1.807, 2.05) is 26.0 Å². The smallest absolute Gasteiger partial charge is 0.247 e. The Morgan fingerprint density at radius 2 is 1.82 bits per heavy atom. The number of carbonyl (C=O) groups excluding carboxylic acids is 4. The van der Waals surface area contributed by atoms with Gasteiger partial charge in [0.15, 0.2) is 0 Å². The molecule has 0 aliphatic carbocycles. The van der Waals surface area contributed by atoms with Gasteiger partial charge < -0.3 is 20.7 Å². The maximum absolute atomic E-state index is 13.4. The molecule has 1 aromatic carbocycles. The molecule has 4 atom stereocenters. The molecule has 0 unspecified atom stereocenters. The van der Waals surface area contributed by atoms with Crippen molar-refractivity contribution in [2.24, 2.45) is 17.8 Å². The molecule has 34 heavy (non-hydrogen) atoms. The van der Waals surface area contributed by atoms with Crippen LogP contribution in [0.2, 0.25) is 0 Å². The van der Waals surface area contributed by atoms with E-state index < -0.39 is 41.6 Å². The molecule has 5 N–H and O–H groups in total. The molecule has 0 aromatic heterocycles. The SMILES string of the molecule is CNC(=O)[C@@H](C)NC(=O)[C@@H]1Cc2ccc(cc2)OCCC[C@H](C(=O)NO)[C@@H](CC(C)C)C(=O)N1. The highest BCUT2D eigenvalue weighted by atomic mass is 16.5. The highest BCUT2D eigenvalue weighted by molar-refractivity contribution is 5.93. The third kappa shape index (κ3) is 7.72. The Morgan fingerprint density at radius 1 is 1.15 bits per heavy atom. The molecule has 2 bridgehead atoms. The Balaban J connectivity index is 2.40. The summed E-state index contributed by atoms with van der Waals surface area (Å²) in [6.07, 6.45) is 1.39. The average molecular weight is 477 g/mol. The van der Waals surface area contributed by atoms with Crippen molar-refractivity contribution in [1.82, 2.24) is 21.4 Å². The summed E-state index contributed by atoms with van der Waals surface area (Å²) in [6, 6.07) is 5.45. The largest absolute Gasteiger partial charge is 0.494 e. The lowest BCUT2D eigenvalue weighted by atomic mass is 9.81. The molecule has 10 nitrogen and oxygen atoms in total. The van der Waals surface area contributed by atoms with Crippen molar-refractivity contribution in [3.8, 4) is 5.75 Å². The van der Waals surface area contributed by atoms with E-state index in [4.69, 9.17) is 4.74 Å². The number of nitrogens with one attached hydrogen (secondary N) is 4. The molecule has 10 heteroatoms. The fourth-order valence-corrected chi connectivity index (χ4v) is 4.09. The molecule has 0 saturated carbocycles. The minimum Gasteiger partial charge on any atom is -0.494 e. The highest BCUT2D eigenvalue weighted by Crippen LogP contribution is 2.27. The van der Waals surface area contributed by atoms with E-state index in [1.54, 1.807) is 24.5 Å². The zero-order valence-electron chi connectivity index (χ0n) is 20.2. The van der Waals surface area contributed by atoms with E-state index >= 15 is 0 Å². The summed E-state index contributed by atoms with van der Waals surface area (Å²) >= 11 is 0.